The molecule has 0 saturated carbocycles. The molecule has 1 rings (SSSR count). The zero-order valence-corrected chi connectivity index (χ0v) is 9.91. The molecule has 74 valence electrons. The van der Waals surface area contributed by atoms with Gasteiger partial charge in [-0.2, -0.15) is 0 Å². The number of halogens is 1. The molecule has 0 aromatic heterocycles. The molecule has 0 amide bonds. The van der Waals surface area contributed by atoms with E-state index < -0.39 is 0 Å². The minimum Gasteiger partial charge on any atom is -0.298 e. The molecule has 0 atom stereocenters. The van der Waals surface area contributed by atoms with Gasteiger partial charge in [0.2, 0.25) is 0 Å². The molecule has 14 heavy (non-hydrogen) atoms. The average molecular weight is 253 g/mol. The van der Waals surface area contributed by atoms with Gasteiger partial charge >= 0.3 is 0 Å². The molecule has 0 unspecified atom stereocenters. The molecule has 0 N–H and O–H groups in total. The van der Waals surface area contributed by atoms with Crippen molar-refractivity contribution in [3.63, 3.8) is 0 Å². The van der Waals surface area contributed by atoms with Crippen LogP contribution in [0.4, 0.5) is 0 Å². The molecule has 0 radical (unpaired) electrons. The lowest BCUT2D eigenvalue weighted by Crippen LogP contribution is -1.94. The van der Waals surface area contributed by atoms with Crippen molar-refractivity contribution in [2.75, 3.05) is 0 Å². The third-order valence-electron chi connectivity index (χ3n) is 2.03. The van der Waals surface area contributed by atoms with E-state index >= 15 is 0 Å². The zero-order chi connectivity index (χ0) is 10.6. The Morgan fingerprint density at radius 1 is 1.36 bits per heavy atom. The lowest BCUT2D eigenvalue weighted by Gasteiger charge is -2.04. The lowest BCUT2D eigenvalue weighted by molar-refractivity contribution is -0.105. The second kappa shape index (κ2) is 5.11. The van der Waals surface area contributed by atoms with Crippen molar-refractivity contribution in [2.24, 2.45) is 5.92 Å². The summed E-state index contributed by atoms with van der Waals surface area (Å²) in [7, 11) is 0. The van der Waals surface area contributed by atoms with Crippen molar-refractivity contribution in [1.82, 2.24) is 0 Å². The van der Waals surface area contributed by atoms with Crippen LogP contribution in [0, 0.1) is 5.92 Å². The Morgan fingerprint density at radius 2 is 2.00 bits per heavy atom. The smallest absolute Gasteiger partial charge is 0.146 e. The maximum absolute atomic E-state index is 10.8. The van der Waals surface area contributed by atoms with Gasteiger partial charge in [0.05, 0.1) is 0 Å². The SMILES string of the molecule is CC(C)C(C=O)=Cc1ccccc1Br. The first kappa shape index (κ1) is 11.2. The van der Waals surface area contributed by atoms with Crippen LogP contribution in [-0.4, -0.2) is 6.29 Å². The molecule has 0 saturated heterocycles. The number of benzene rings is 1. The summed E-state index contributed by atoms with van der Waals surface area (Å²) in [5, 5.41) is 0. The van der Waals surface area contributed by atoms with E-state index in [1.807, 2.05) is 44.2 Å². The first-order valence-electron chi connectivity index (χ1n) is 4.56. The molecular formula is C12H13BrO. The van der Waals surface area contributed by atoms with Gasteiger partial charge in [-0.25, -0.2) is 0 Å². The normalized spacial score (nSPS) is 11.9. The van der Waals surface area contributed by atoms with E-state index in [-0.39, 0.29) is 5.92 Å². The highest BCUT2D eigenvalue weighted by Crippen LogP contribution is 2.20. The third-order valence-corrected chi connectivity index (χ3v) is 2.75. The van der Waals surface area contributed by atoms with Crippen LogP contribution in [0.25, 0.3) is 6.08 Å². The van der Waals surface area contributed by atoms with Gasteiger partial charge in [-0.05, 0) is 29.2 Å². The molecule has 0 aliphatic carbocycles. The summed E-state index contributed by atoms with van der Waals surface area (Å²) >= 11 is 3.44. The van der Waals surface area contributed by atoms with Gasteiger partial charge in [0.1, 0.15) is 6.29 Å². The largest absolute Gasteiger partial charge is 0.298 e. The maximum Gasteiger partial charge on any atom is 0.146 e. The van der Waals surface area contributed by atoms with Gasteiger partial charge in [0.15, 0.2) is 0 Å². The van der Waals surface area contributed by atoms with Crippen LogP contribution < -0.4 is 0 Å². The predicted molar refractivity (Wildman–Crippen MR) is 63.0 cm³/mol. The molecule has 0 fully saturated rings. The molecule has 0 spiro atoms. The summed E-state index contributed by atoms with van der Waals surface area (Å²) in [6.45, 7) is 4.02. The predicted octanol–water partition coefficient (Wildman–Crippen LogP) is 3.69. The number of allylic oxidation sites excluding steroid dienone is 1. The molecular weight excluding hydrogens is 240 g/mol. The topological polar surface area (TPSA) is 17.1 Å². The molecule has 1 aromatic carbocycles. The number of carbonyl (C=O) groups is 1. The first-order valence-corrected chi connectivity index (χ1v) is 5.35. The lowest BCUT2D eigenvalue weighted by atomic mass is 10.0. The second-order valence-corrected chi connectivity index (χ2v) is 4.29. The van der Waals surface area contributed by atoms with Crippen molar-refractivity contribution in [1.29, 1.82) is 0 Å². The fraction of sp³-hybridized carbons (Fsp3) is 0.250. The molecule has 2 heteroatoms. The zero-order valence-electron chi connectivity index (χ0n) is 8.33. The Morgan fingerprint density at radius 3 is 2.50 bits per heavy atom. The van der Waals surface area contributed by atoms with Gasteiger partial charge in [-0.15, -0.1) is 0 Å². The third kappa shape index (κ3) is 2.81. The molecule has 0 bridgehead atoms. The van der Waals surface area contributed by atoms with Gasteiger partial charge < -0.3 is 0 Å². The van der Waals surface area contributed by atoms with E-state index in [1.165, 1.54) is 0 Å². The Kier molecular flexibility index (Phi) is 4.08. The van der Waals surface area contributed by atoms with Crippen molar-refractivity contribution in [3.05, 3.63) is 39.9 Å². The monoisotopic (exact) mass is 252 g/mol. The van der Waals surface area contributed by atoms with Crippen molar-refractivity contribution < 1.29 is 4.79 Å². The van der Waals surface area contributed by atoms with Crippen molar-refractivity contribution in [3.8, 4) is 0 Å². The summed E-state index contributed by atoms with van der Waals surface area (Å²) in [6.07, 6.45) is 2.84. The Hall–Kier alpha value is -0.890. The maximum atomic E-state index is 10.8. The summed E-state index contributed by atoms with van der Waals surface area (Å²) < 4.78 is 1.01. The van der Waals surface area contributed by atoms with Gasteiger partial charge in [-0.3, -0.25) is 4.79 Å². The highest BCUT2D eigenvalue weighted by Gasteiger charge is 2.02. The summed E-state index contributed by atoms with van der Waals surface area (Å²) in [6, 6.07) is 7.86. The molecule has 0 aliphatic heterocycles. The van der Waals surface area contributed by atoms with Crippen molar-refractivity contribution >= 4 is 28.3 Å². The fourth-order valence-electron chi connectivity index (χ4n) is 1.11. The minimum atomic E-state index is 0.264. The molecule has 1 nitrogen and oxygen atoms in total. The van der Waals surface area contributed by atoms with Crippen LogP contribution in [0.2, 0.25) is 0 Å². The number of carbonyl (C=O) groups excluding carboxylic acids is 1. The average Bonchev–Trinajstić information content (AvgIpc) is 2.16. The highest BCUT2D eigenvalue weighted by molar-refractivity contribution is 9.10. The van der Waals surface area contributed by atoms with Crippen LogP contribution in [0.1, 0.15) is 19.4 Å². The van der Waals surface area contributed by atoms with Gasteiger partial charge in [0, 0.05) is 4.47 Å². The van der Waals surface area contributed by atoms with Crippen LogP contribution in [0.5, 0.6) is 0 Å². The highest BCUT2D eigenvalue weighted by atomic mass is 79.9. The molecule has 1 aromatic rings. The Balaban J connectivity index is 3.06. The van der Waals surface area contributed by atoms with E-state index in [0.29, 0.717) is 0 Å². The summed E-state index contributed by atoms with van der Waals surface area (Å²) in [5.41, 5.74) is 1.86. The van der Waals surface area contributed by atoms with E-state index in [9.17, 15) is 4.79 Å². The first-order chi connectivity index (χ1) is 6.65. The molecule has 0 heterocycles. The van der Waals surface area contributed by atoms with Crippen LogP contribution in [0.15, 0.2) is 34.3 Å². The second-order valence-electron chi connectivity index (χ2n) is 3.44. The quantitative estimate of drug-likeness (QED) is 0.593. The van der Waals surface area contributed by atoms with E-state index in [0.717, 1.165) is 21.9 Å². The Labute approximate surface area is 93.0 Å². The Bertz CT molecular complexity index is 353. The fourth-order valence-corrected chi connectivity index (χ4v) is 1.51. The van der Waals surface area contributed by atoms with E-state index in [2.05, 4.69) is 15.9 Å². The summed E-state index contributed by atoms with van der Waals surface area (Å²) in [4.78, 5) is 10.8. The minimum absolute atomic E-state index is 0.264. The van der Waals surface area contributed by atoms with Crippen molar-refractivity contribution in [2.45, 2.75) is 13.8 Å². The van der Waals surface area contributed by atoms with E-state index in [1.54, 1.807) is 0 Å². The van der Waals surface area contributed by atoms with Crippen LogP contribution in [-0.2, 0) is 4.79 Å². The number of rotatable bonds is 3. The number of hydrogen-bond acceptors (Lipinski definition) is 1. The number of hydrogen-bond donors (Lipinski definition) is 0. The van der Waals surface area contributed by atoms with Crippen LogP contribution in [0.3, 0.4) is 0 Å². The van der Waals surface area contributed by atoms with Crippen LogP contribution >= 0.6 is 15.9 Å². The standard InChI is InChI=1S/C12H13BrO/c1-9(2)11(8-14)7-10-5-3-4-6-12(10)13/h3-9H,1-2H3. The summed E-state index contributed by atoms with van der Waals surface area (Å²) in [5.74, 6) is 0.264. The van der Waals surface area contributed by atoms with E-state index in [4.69, 9.17) is 0 Å². The van der Waals surface area contributed by atoms with Gasteiger partial charge in [-0.1, -0.05) is 48.0 Å². The molecule has 0 aliphatic rings. The number of aldehydes is 1. The van der Waals surface area contributed by atoms with Gasteiger partial charge in [0.25, 0.3) is 0 Å².